The van der Waals surface area contributed by atoms with Crippen LogP contribution in [0.25, 0.3) is 0 Å². The number of nitrogens with zero attached hydrogens (tertiary/aromatic N) is 1. The van der Waals surface area contributed by atoms with Crippen molar-refractivity contribution in [2.45, 2.75) is 13.2 Å². The predicted molar refractivity (Wildman–Crippen MR) is 80.7 cm³/mol. The van der Waals surface area contributed by atoms with Gasteiger partial charge in [0.2, 0.25) is 0 Å². The molecule has 4 nitrogen and oxygen atoms in total. The maximum atomic E-state index is 10.8. The van der Waals surface area contributed by atoms with Crippen LogP contribution in [0, 0.1) is 10.1 Å². The van der Waals surface area contributed by atoms with E-state index < -0.39 is 4.92 Å². The van der Waals surface area contributed by atoms with Gasteiger partial charge in [-0.3, -0.25) is 10.1 Å². The summed E-state index contributed by atoms with van der Waals surface area (Å²) in [6, 6.07) is 12.2. The Hall–Kier alpha value is -1.43. The highest BCUT2D eigenvalue weighted by Crippen LogP contribution is 2.28. The molecule has 0 fully saturated rings. The summed E-state index contributed by atoms with van der Waals surface area (Å²) in [4.78, 5) is 10.4. The Morgan fingerprint density at radius 3 is 2.50 bits per heavy atom. The number of halogens is 2. The zero-order valence-corrected chi connectivity index (χ0v) is 12.7. The average molecular weight is 357 g/mol. The topological polar surface area (TPSA) is 52.4 Å². The number of hydrogen-bond acceptors (Lipinski definition) is 3. The third-order valence-corrected chi connectivity index (χ3v) is 3.86. The molecule has 0 heterocycles. The molecular weight excluding hydrogens is 346 g/mol. The molecule has 0 atom stereocenters. The second-order valence-electron chi connectivity index (χ2n) is 4.13. The van der Waals surface area contributed by atoms with E-state index in [0.29, 0.717) is 22.7 Å². The minimum absolute atomic E-state index is 0.0394. The lowest BCUT2D eigenvalue weighted by Gasteiger charge is -2.07. The van der Waals surface area contributed by atoms with E-state index in [9.17, 15) is 10.1 Å². The lowest BCUT2D eigenvalue weighted by molar-refractivity contribution is -0.385. The van der Waals surface area contributed by atoms with Gasteiger partial charge in [0.25, 0.3) is 5.69 Å². The molecule has 0 spiro atoms. The van der Waals surface area contributed by atoms with Gasteiger partial charge in [-0.15, -0.1) is 0 Å². The first-order chi connectivity index (χ1) is 9.58. The van der Waals surface area contributed by atoms with E-state index in [2.05, 4.69) is 15.9 Å². The lowest BCUT2D eigenvalue weighted by atomic mass is 10.2. The Labute approximate surface area is 129 Å². The van der Waals surface area contributed by atoms with E-state index in [1.807, 2.05) is 12.1 Å². The summed E-state index contributed by atoms with van der Waals surface area (Å²) in [5.41, 5.74) is 1.78. The zero-order chi connectivity index (χ0) is 14.5. The van der Waals surface area contributed by atoms with Crippen LogP contribution in [0.2, 0.25) is 5.02 Å². The monoisotopic (exact) mass is 355 g/mol. The molecule has 2 aromatic carbocycles. The van der Waals surface area contributed by atoms with E-state index in [0.717, 1.165) is 11.1 Å². The molecule has 0 bridgehead atoms. The predicted octanol–water partition coefficient (Wildman–Crippen LogP) is 4.73. The number of hydrogen-bond donors (Lipinski definition) is 0. The highest BCUT2D eigenvalue weighted by atomic mass is 79.9. The zero-order valence-electron chi connectivity index (χ0n) is 10.4. The van der Waals surface area contributed by atoms with E-state index in [1.165, 1.54) is 6.07 Å². The van der Waals surface area contributed by atoms with Crippen molar-refractivity contribution < 1.29 is 9.66 Å². The summed E-state index contributed by atoms with van der Waals surface area (Å²) < 4.78 is 6.02. The quantitative estimate of drug-likeness (QED) is 0.575. The first-order valence-electron chi connectivity index (χ1n) is 5.82. The standard InChI is InChI=1S/C14H11BrClNO3/c15-14-11(2-1-3-13(14)17(18)19)9-20-8-10-4-6-12(16)7-5-10/h1-7H,8-9H2. The molecule has 0 unspecified atom stereocenters. The van der Waals surface area contributed by atoms with Crippen molar-refractivity contribution in [2.24, 2.45) is 0 Å². The molecule has 2 rings (SSSR count). The molecule has 0 aliphatic carbocycles. The van der Waals surface area contributed by atoms with Crippen LogP contribution >= 0.6 is 27.5 Å². The second kappa shape index (κ2) is 6.83. The molecule has 0 saturated heterocycles. The van der Waals surface area contributed by atoms with Gasteiger partial charge < -0.3 is 4.74 Å². The van der Waals surface area contributed by atoms with Gasteiger partial charge in [-0.2, -0.15) is 0 Å². The summed E-state index contributed by atoms with van der Waals surface area (Å²) in [6.45, 7) is 0.719. The van der Waals surface area contributed by atoms with Gasteiger partial charge in [-0.1, -0.05) is 35.9 Å². The fourth-order valence-corrected chi connectivity index (χ4v) is 2.33. The summed E-state index contributed by atoms with van der Waals surface area (Å²) in [5, 5.41) is 11.5. The van der Waals surface area contributed by atoms with E-state index in [1.54, 1.807) is 24.3 Å². The van der Waals surface area contributed by atoms with E-state index in [-0.39, 0.29) is 5.69 Å². The third-order valence-electron chi connectivity index (χ3n) is 2.69. The van der Waals surface area contributed by atoms with Gasteiger partial charge in [0, 0.05) is 11.1 Å². The maximum Gasteiger partial charge on any atom is 0.283 e. The molecule has 0 saturated carbocycles. The first-order valence-corrected chi connectivity index (χ1v) is 6.99. The molecule has 2 aromatic rings. The van der Waals surface area contributed by atoms with Gasteiger partial charge in [-0.25, -0.2) is 0 Å². The Balaban J connectivity index is 1.99. The van der Waals surface area contributed by atoms with Crippen LogP contribution in [0.1, 0.15) is 11.1 Å². The van der Waals surface area contributed by atoms with E-state index in [4.69, 9.17) is 16.3 Å². The maximum absolute atomic E-state index is 10.8. The molecule has 20 heavy (non-hydrogen) atoms. The van der Waals surface area contributed by atoms with Gasteiger partial charge in [-0.05, 0) is 39.2 Å². The highest BCUT2D eigenvalue weighted by Gasteiger charge is 2.14. The molecule has 104 valence electrons. The molecule has 0 amide bonds. The summed E-state index contributed by atoms with van der Waals surface area (Å²) in [5.74, 6) is 0. The van der Waals surface area contributed by atoms with Crippen molar-refractivity contribution >= 4 is 33.2 Å². The van der Waals surface area contributed by atoms with E-state index >= 15 is 0 Å². The Bertz CT molecular complexity index is 616. The highest BCUT2D eigenvalue weighted by molar-refractivity contribution is 9.10. The van der Waals surface area contributed by atoms with Crippen LogP contribution in [0.3, 0.4) is 0 Å². The molecule has 6 heteroatoms. The number of ether oxygens (including phenoxy) is 1. The fourth-order valence-electron chi connectivity index (χ4n) is 1.68. The van der Waals surface area contributed by atoms with Crippen molar-refractivity contribution in [3.8, 4) is 0 Å². The second-order valence-corrected chi connectivity index (χ2v) is 5.36. The van der Waals surface area contributed by atoms with Gasteiger partial charge in [0.1, 0.15) is 4.47 Å². The smallest absolute Gasteiger partial charge is 0.283 e. The number of nitro benzene ring substituents is 1. The SMILES string of the molecule is O=[N+]([O-])c1cccc(COCc2ccc(Cl)cc2)c1Br. The largest absolute Gasteiger partial charge is 0.372 e. The Morgan fingerprint density at radius 1 is 1.15 bits per heavy atom. The molecule has 0 N–H and O–H groups in total. The molecule has 0 radical (unpaired) electrons. The van der Waals surface area contributed by atoms with Crippen molar-refractivity contribution in [3.05, 3.63) is 73.2 Å². The first kappa shape index (κ1) is 15.0. The van der Waals surface area contributed by atoms with Gasteiger partial charge in [0.15, 0.2) is 0 Å². The number of nitro groups is 1. The Morgan fingerprint density at radius 2 is 1.85 bits per heavy atom. The Kier molecular flexibility index (Phi) is 5.11. The minimum atomic E-state index is -0.424. The van der Waals surface area contributed by atoms with Crippen molar-refractivity contribution in [1.29, 1.82) is 0 Å². The molecular formula is C14H11BrClNO3. The molecule has 0 aliphatic heterocycles. The minimum Gasteiger partial charge on any atom is -0.372 e. The van der Waals surface area contributed by atoms with Crippen LogP contribution < -0.4 is 0 Å². The van der Waals surface area contributed by atoms with Crippen molar-refractivity contribution in [3.63, 3.8) is 0 Å². The molecule has 0 aliphatic rings. The molecule has 0 aromatic heterocycles. The average Bonchev–Trinajstić information content (AvgIpc) is 2.42. The lowest BCUT2D eigenvalue weighted by Crippen LogP contribution is -1.97. The van der Waals surface area contributed by atoms with Crippen molar-refractivity contribution in [2.75, 3.05) is 0 Å². The number of rotatable bonds is 5. The fraction of sp³-hybridized carbons (Fsp3) is 0.143. The van der Waals surface area contributed by atoms with Crippen LogP contribution in [0.15, 0.2) is 46.9 Å². The van der Waals surface area contributed by atoms with Gasteiger partial charge in [0.05, 0.1) is 18.1 Å². The normalized spacial score (nSPS) is 10.5. The van der Waals surface area contributed by atoms with Crippen LogP contribution in [-0.4, -0.2) is 4.92 Å². The summed E-state index contributed by atoms with van der Waals surface area (Å²) in [7, 11) is 0. The summed E-state index contributed by atoms with van der Waals surface area (Å²) in [6.07, 6.45) is 0. The van der Waals surface area contributed by atoms with Crippen LogP contribution in [0.4, 0.5) is 5.69 Å². The van der Waals surface area contributed by atoms with Crippen molar-refractivity contribution in [1.82, 2.24) is 0 Å². The number of benzene rings is 2. The third kappa shape index (κ3) is 3.79. The van der Waals surface area contributed by atoms with Crippen LogP contribution in [-0.2, 0) is 18.0 Å². The van der Waals surface area contributed by atoms with Gasteiger partial charge >= 0.3 is 0 Å². The summed E-state index contributed by atoms with van der Waals surface area (Å²) >= 11 is 9.04. The van der Waals surface area contributed by atoms with Crippen LogP contribution in [0.5, 0.6) is 0 Å².